The van der Waals surface area contributed by atoms with Crippen LogP contribution in [0.15, 0.2) is 28.2 Å². The van der Waals surface area contributed by atoms with E-state index in [0.29, 0.717) is 0 Å². The molecule has 15 heavy (non-hydrogen) atoms. The molecule has 0 atom stereocenters. The summed E-state index contributed by atoms with van der Waals surface area (Å²) in [5.41, 5.74) is 5.46. The lowest BCUT2D eigenvalue weighted by molar-refractivity contribution is 1.11. The van der Waals surface area contributed by atoms with Crippen molar-refractivity contribution in [3.8, 4) is 0 Å². The molecule has 3 N–H and O–H groups in total. The molecule has 0 saturated heterocycles. The summed E-state index contributed by atoms with van der Waals surface area (Å²) in [6.45, 7) is 0.743. The Morgan fingerprint density at radius 1 is 1.40 bits per heavy atom. The van der Waals surface area contributed by atoms with E-state index in [2.05, 4.69) is 37.3 Å². The zero-order valence-corrected chi connectivity index (χ0v) is 10.2. The third-order valence-electron chi connectivity index (χ3n) is 1.75. The average Bonchev–Trinajstić information content (AvgIpc) is 2.62. The van der Waals surface area contributed by atoms with Crippen molar-refractivity contribution < 1.29 is 0 Å². The van der Waals surface area contributed by atoms with Gasteiger partial charge in [-0.15, -0.1) is 11.3 Å². The highest BCUT2D eigenvalue weighted by Gasteiger charge is 1.99. The van der Waals surface area contributed by atoms with Crippen molar-refractivity contribution in [1.82, 2.24) is 9.97 Å². The van der Waals surface area contributed by atoms with Crippen LogP contribution in [0, 0.1) is 0 Å². The molecule has 0 aromatic carbocycles. The van der Waals surface area contributed by atoms with Gasteiger partial charge >= 0.3 is 0 Å². The van der Waals surface area contributed by atoms with Gasteiger partial charge in [0.1, 0.15) is 5.82 Å². The predicted molar refractivity (Wildman–Crippen MR) is 65.8 cm³/mol. The molecule has 6 heteroatoms. The summed E-state index contributed by atoms with van der Waals surface area (Å²) in [5, 5.41) is 3.17. The number of aromatic nitrogens is 2. The molecule has 0 unspecified atom stereocenters. The highest BCUT2D eigenvalue weighted by molar-refractivity contribution is 9.11. The van der Waals surface area contributed by atoms with Gasteiger partial charge in [-0.05, 0) is 34.1 Å². The van der Waals surface area contributed by atoms with E-state index in [1.54, 1.807) is 23.6 Å². The van der Waals surface area contributed by atoms with Crippen molar-refractivity contribution in [3.63, 3.8) is 0 Å². The smallest absolute Gasteiger partial charge is 0.221 e. The Morgan fingerprint density at radius 3 is 2.93 bits per heavy atom. The number of thiophene rings is 1. The third-order valence-corrected chi connectivity index (χ3v) is 3.37. The maximum atomic E-state index is 5.46. The first kappa shape index (κ1) is 10.4. The van der Waals surface area contributed by atoms with Gasteiger partial charge in [-0.2, -0.15) is 4.98 Å². The maximum Gasteiger partial charge on any atom is 0.221 e. The number of anilines is 2. The number of halogens is 1. The number of nitrogens with two attached hydrogens (primary N) is 1. The highest BCUT2D eigenvalue weighted by Crippen LogP contribution is 2.22. The number of hydrogen-bond donors (Lipinski definition) is 2. The molecule has 0 fully saturated rings. The van der Waals surface area contributed by atoms with E-state index in [9.17, 15) is 0 Å². The van der Waals surface area contributed by atoms with Crippen LogP contribution in [0.5, 0.6) is 0 Å². The Balaban J connectivity index is 1.99. The molecule has 2 rings (SSSR count). The molecule has 0 bridgehead atoms. The van der Waals surface area contributed by atoms with E-state index in [0.717, 1.165) is 16.1 Å². The van der Waals surface area contributed by atoms with E-state index in [-0.39, 0.29) is 5.95 Å². The number of nitrogen functional groups attached to an aromatic ring is 1. The van der Waals surface area contributed by atoms with E-state index >= 15 is 0 Å². The van der Waals surface area contributed by atoms with Crippen molar-refractivity contribution >= 4 is 39.0 Å². The molecule has 2 heterocycles. The molecule has 0 aliphatic carbocycles. The van der Waals surface area contributed by atoms with Crippen molar-refractivity contribution in [2.45, 2.75) is 6.54 Å². The normalized spacial score (nSPS) is 10.2. The van der Waals surface area contributed by atoms with Gasteiger partial charge in [0, 0.05) is 11.1 Å². The standard InChI is InChI=1S/C9H9BrN4S/c10-7-2-1-6(15-7)5-13-8-3-4-12-9(11)14-8/h1-4H,5H2,(H3,11,12,13,14). The Kier molecular flexibility index (Phi) is 3.17. The SMILES string of the molecule is Nc1nccc(NCc2ccc(Br)s2)n1. The molecular weight excluding hydrogens is 276 g/mol. The van der Waals surface area contributed by atoms with E-state index < -0.39 is 0 Å². The van der Waals surface area contributed by atoms with E-state index in [1.165, 1.54) is 4.88 Å². The minimum absolute atomic E-state index is 0.285. The maximum absolute atomic E-state index is 5.46. The molecule has 0 saturated carbocycles. The van der Waals surface area contributed by atoms with Gasteiger partial charge in [0.2, 0.25) is 5.95 Å². The minimum Gasteiger partial charge on any atom is -0.368 e. The van der Waals surface area contributed by atoms with Gasteiger partial charge in [-0.1, -0.05) is 0 Å². The third kappa shape index (κ3) is 2.90. The largest absolute Gasteiger partial charge is 0.368 e. The number of nitrogens with zero attached hydrogens (tertiary/aromatic N) is 2. The van der Waals surface area contributed by atoms with Gasteiger partial charge < -0.3 is 11.1 Å². The number of nitrogens with one attached hydrogen (secondary N) is 1. The molecule has 78 valence electrons. The van der Waals surface area contributed by atoms with Gasteiger partial charge in [-0.3, -0.25) is 0 Å². The van der Waals surface area contributed by atoms with Gasteiger partial charge in [0.05, 0.1) is 10.3 Å². The summed E-state index contributed by atoms with van der Waals surface area (Å²) in [7, 11) is 0. The summed E-state index contributed by atoms with van der Waals surface area (Å²) < 4.78 is 1.13. The summed E-state index contributed by atoms with van der Waals surface area (Å²) in [6, 6.07) is 5.88. The molecule has 0 aliphatic rings. The molecule has 0 aliphatic heterocycles. The summed E-state index contributed by atoms with van der Waals surface area (Å²) in [4.78, 5) is 9.10. The molecule has 2 aromatic rings. The summed E-state index contributed by atoms with van der Waals surface area (Å²) in [5.74, 6) is 1.03. The first-order valence-electron chi connectivity index (χ1n) is 4.30. The Bertz CT molecular complexity index is 457. The number of rotatable bonds is 3. The molecule has 2 aromatic heterocycles. The predicted octanol–water partition coefficient (Wildman–Crippen LogP) is 2.49. The highest BCUT2D eigenvalue weighted by atomic mass is 79.9. The van der Waals surface area contributed by atoms with E-state index in [1.807, 2.05) is 6.07 Å². The summed E-state index contributed by atoms with van der Waals surface area (Å²) >= 11 is 5.11. The van der Waals surface area contributed by atoms with Crippen LogP contribution in [0.3, 0.4) is 0 Å². The van der Waals surface area contributed by atoms with Gasteiger partial charge in [0.15, 0.2) is 0 Å². The second-order valence-corrected chi connectivity index (χ2v) is 5.41. The monoisotopic (exact) mass is 284 g/mol. The lowest BCUT2D eigenvalue weighted by atomic mass is 10.4. The number of hydrogen-bond acceptors (Lipinski definition) is 5. The Hall–Kier alpha value is -1.14. The van der Waals surface area contributed by atoms with Crippen LogP contribution < -0.4 is 11.1 Å². The first-order valence-corrected chi connectivity index (χ1v) is 5.91. The van der Waals surface area contributed by atoms with Crippen molar-refractivity contribution in [2.24, 2.45) is 0 Å². The summed E-state index contributed by atoms with van der Waals surface area (Å²) in [6.07, 6.45) is 1.63. The van der Waals surface area contributed by atoms with Crippen LogP contribution in [-0.2, 0) is 6.54 Å². The minimum atomic E-state index is 0.285. The molecule has 4 nitrogen and oxygen atoms in total. The topological polar surface area (TPSA) is 63.8 Å². The zero-order chi connectivity index (χ0) is 10.7. The Morgan fingerprint density at radius 2 is 2.27 bits per heavy atom. The van der Waals surface area contributed by atoms with Gasteiger partial charge in [0.25, 0.3) is 0 Å². The van der Waals surface area contributed by atoms with Gasteiger partial charge in [-0.25, -0.2) is 4.98 Å². The lowest BCUT2D eigenvalue weighted by Gasteiger charge is -2.03. The lowest BCUT2D eigenvalue weighted by Crippen LogP contribution is -2.02. The zero-order valence-electron chi connectivity index (χ0n) is 7.77. The van der Waals surface area contributed by atoms with Crippen LogP contribution in [0.25, 0.3) is 0 Å². The van der Waals surface area contributed by atoms with Crippen molar-refractivity contribution in [1.29, 1.82) is 0 Å². The van der Waals surface area contributed by atoms with Crippen LogP contribution in [0.1, 0.15) is 4.88 Å². The van der Waals surface area contributed by atoms with E-state index in [4.69, 9.17) is 5.73 Å². The molecule has 0 amide bonds. The van der Waals surface area contributed by atoms with Crippen LogP contribution in [0.2, 0.25) is 0 Å². The van der Waals surface area contributed by atoms with Crippen molar-refractivity contribution in [3.05, 3.63) is 33.1 Å². The fraction of sp³-hybridized carbons (Fsp3) is 0.111. The molecular formula is C9H9BrN4S. The second-order valence-electron chi connectivity index (χ2n) is 2.86. The Labute approximate surface area is 99.7 Å². The second kappa shape index (κ2) is 4.59. The quantitative estimate of drug-likeness (QED) is 0.909. The average molecular weight is 285 g/mol. The fourth-order valence-corrected chi connectivity index (χ4v) is 2.52. The first-order chi connectivity index (χ1) is 7.24. The molecule has 0 spiro atoms. The van der Waals surface area contributed by atoms with Crippen LogP contribution in [0.4, 0.5) is 11.8 Å². The van der Waals surface area contributed by atoms with Crippen LogP contribution >= 0.6 is 27.3 Å². The van der Waals surface area contributed by atoms with Crippen molar-refractivity contribution in [2.75, 3.05) is 11.1 Å². The molecule has 0 radical (unpaired) electrons. The fourth-order valence-electron chi connectivity index (χ4n) is 1.10. The van der Waals surface area contributed by atoms with Crippen LogP contribution in [-0.4, -0.2) is 9.97 Å².